The first-order valence-corrected chi connectivity index (χ1v) is 6.53. The molecule has 84 valence electrons. The van der Waals surface area contributed by atoms with Gasteiger partial charge in [0.25, 0.3) is 11.3 Å². The third-order valence-corrected chi connectivity index (χ3v) is 3.23. The number of rotatable bonds is 2. The van der Waals surface area contributed by atoms with Crippen molar-refractivity contribution in [1.82, 2.24) is 0 Å². The monoisotopic (exact) mass is 299 g/mol. The molecule has 0 aliphatic carbocycles. The first-order chi connectivity index (χ1) is 7.56. The molecular weight excluding hydrogens is 290 g/mol. The van der Waals surface area contributed by atoms with E-state index in [2.05, 4.69) is 20.7 Å². The quantitative estimate of drug-likeness (QED) is 0.834. The molecule has 0 aliphatic rings. The van der Waals surface area contributed by atoms with E-state index in [4.69, 9.17) is 4.55 Å². The summed E-state index contributed by atoms with van der Waals surface area (Å²) in [5.74, 6) is 0. The lowest BCUT2D eigenvalue weighted by atomic mass is 10.1. The van der Waals surface area contributed by atoms with Crippen LogP contribution >= 0.6 is 15.9 Å². The van der Waals surface area contributed by atoms with Crippen LogP contribution in [0.2, 0.25) is 0 Å². The van der Waals surface area contributed by atoms with Crippen molar-refractivity contribution in [2.75, 3.05) is 4.72 Å². The third kappa shape index (κ3) is 2.42. The molecule has 1 atom stereocenters. The molecule has 0 bridgehead atoms. The first kappa shape index (κ1) is 11.6. The Kier molecular flexibility index (Phi) is 3.28. The highest BCUT2D eigenvalue weighted by Gasteiger charge is 2.03. The Morgan fingerprint density at radius 2 is 2.00 bits per heavy atom. The van der Waals surface area contributed by atoms with Crippen LogP contribution in [0, 0.1) is 6.92 Å². The predicted molar refractivity (Wildman–Crippen MR) is 70.8 cm³/mol. The van der Waals surface area contributed by atoms with E-state index in [1.807, 2.05) is 37.3 Å². The van der Waals surface area contributed by atoms with Crippen LogP contribution < -0.4 is 4.72 Å². The van der Waals surface area contributed by atoms with Gasteiger partial charge < -0.3 is 0 Å². The number of halogens is 1. The molecule has 2 aromatic carbocycles. The fraction of sp³-hybridized carbons (Fsp3) is 0.0909. The molecule has 0 spiro atoms. The summed E-state index contributed by atoms with van der Waals surface area (Å²) in [6.07, 6.45) is 0. The lowest BCUT2D eigenvalue weighted by Crippen LogP contribution is -2.03. The van der Waals surface area contributed by atoms with E-state index < -0.39 is 11.3 Å². The van der Waals surface area contributed by atoms with Crippen LogP contribution in [-0.2, 0) is 11.3 Å². The van der Waals surface area contributed by atoms with Crippen molar-refractivity contribution < 1.29 is 8.76 Å². The van der Waals surface area contributed by atoms with Crippen LogP contribution in [-0.4, -0.2) is 8.76 Å². The van der Waals surface area contributed by atoms with E-state index in [9.17, 15) is 4.21 Å². The van der Waals surface area contributed by atoms with Crippen molar-refractivity contribution in [3.05, 3.63) is 40.4 Å². The summed E-state index contributed by atoms with van der Waals surface area (Å²) in [4.78, 5) is 0. The van der Waals surface area contributed by atoms with Gasteiger partial charge in [-0.15, -0.1) is 0 Å². The maximum Gasteiger partial charge on any atom is 0.259 e. The van der Waals surface area contributed by atoms with E-state index in [1.165, 1.54) is 0 Å². The average Bonchev–Trinajstić information content (AvgIpc) is 2.19. The fourth-order valence-corrected chi connectivity index (χ4v) is 2.37. The van der Waals surface area contributed by atoms with Crippen LogP contribution in [0.15, 0.2) is 34.8 Å². The fourth-order valence-electron chi connectivity index (χ4n) is 1.59. The minimum atomic E-state index is -2.03. The van der Waals surface area contributed by atoms with Gasteiger partial charge in [-0.3, -0.25) is 9.27 Å². The molecule has 5 heteroatoms. The molecule has 2 aromatic rings. The molecule has 2 rings (SSSR count). The minimum Gasteiger partial charge on any atom is -0.289 e. The average molecular weight is 300 g/mol. The van der Waals surface area contributed by atoms with Crippen LogP contribution in [0.5, 0.6) is 0 Å². The normalized spacial score (nSPS) is 12.7. The molecule has 16 heavy (non-hydrogen) atoms. The van der Waals surface area contributed by atoms with Gasteiger partial charge in [0.05, 0.1) is 5.69 Å². The number of aryl methyl sites for hydroxylation is 1. The van der Waals surface area contributed by atoms with Crippen LogP contribution in [0.3, 0.4) is 0 Å². The molecule has 0 radical (unpaired) electrons. The van der Waals surface area contributed by atoms with E-state index in [0.717, 1.165) is 20.8 Å². The number of hydrogen-bond acceptors (Lipinski definition) is 1. The number of fused-ring (bicyclic) bond motifs is 1. The van der Waals surface area contributed by atoms with Crippen LogP contribution in [0.1, 0.15) is 5.56 Å². The second-order valence-corrected chi connectivity index (χ2v) is 5.13. The van der Waals surface area contributed by atoms with E-state index in [-0.39, 0.29) is 0 Å². The Morgan fingerprint density at radius 1 is 1.25 bits per heavy atom. The summed E-state index contributed by atoms with van der Waals surface area (Å²) in [7, 11) is 0. The summed E-state index contributed by atoms with van der Waals surface area (Å²) in [5.41, 5.74) is 1.61. The largest absolute Gasteiger partial charge is 0.289 e. The first-order valence-electron chi connectivity index (χ1n) is 4.64. The highest BCUT2D eigenvalue weighted by molar-refractivity contribution is 9.10. The Balaban J connectivity index is 2.58. The SMILES string of the molecule is Cc1cc2cc(Br)ccc2cc1NS(=O)O. The van der Waals surface area contributed by atoms with Crippen LogP contribution in [0.4, 0.5) is 5.69 Å². The van der Waals surface area contributed by atoms with Crippen molar-refractivity contribution in [2.45, 2.75) is 6.92 Å². The highest BCUT2D eigenvalue weighted by atomic mass is 79.9. The van der Waals surface area contributed by atoms with E-state index >= 15 is 0 Å². The van der Waals surface area contributed by atoms with Crippen molar-refractivity contribution >= 4 is 43.7 Å². The predicted octanol–water partition coefficient (Wildman–Crippen LogP) is 3.46. The minimum absolute atomic E-state index is 0.677. The van der Waals surface area contributed by atoms with Crippen molar-refractivity contribution in [2.24, 2.45) is 0 Å². The standard InChI is InChI=1S/C11H10BrNO2S/c1-7-4-9-5-10(12)3-2-8(9)6-11(7)13-16(14)15/h2-6,13H,1H3,(H,14,15). The zero-order chi connectivity index (χ0) is 11.7. The summed E-state index contributed by atoms with van der Waals surface area (Å²) in [5, 5.41) is 2.13. The van der Waals surface area contributed by atoms with Gasteiger partial charge in [-0.2, -0.15) is 0 Å². The van der Waals surface area contributed by atoms with Crippen LogP contribution in [0.25, 0.3) is 10.8 Å². The maximum absolute atomic E-state index is 10.7. The smallest absolute Gasteiger partial charge is 0.259 e. The molecule has 2 N–H and O–H groups in total. The Labute approximate surface area is 104 Å². The molecule has 0 heterocycles. The van der Waals surface area contributed by atoms with Gasteiger partial charge >= 0.3 is 0 Å². The zero-order valence-electron chi connectivity index (χ0n) is 8.53. The molecule has 0 saturated heterocycles. The highest BCUT2D eigenvalue weighted by Crippen LogP contribution is 2.26. The molecule has 1 unspecified atom stereocenters. The lowest BCUT2D eigenvalue weighted by Gasteiger charge is -2.08. The van der Waals surface area contributed by atoms with Crippen molar-refractivity contribution in [3.63, 3.8) is 0 Å². The zero-order valence-corrected chi connectivity index (χ0v) is 10.9. The van der Waals surface area contributed by atoms with Crippen molar-refractivity contribution in [3.8, 4) is 0 Å². The van der Waals surface area contributed by atoms with Gasteiger partial charge in [0.2, 0.25) is 0 Å². The molecular formula is C11H10BrNO2S. The van der Waals surface area contributed by atoms with Gasteiger partial charge in [-0.1, -0.05) is 22.0 Å². The second kappa shape index (κ2) is 4.53. The van der Waals surface area contributed by atoms with Gasteiger partial charge in [0.15, 0.2) is 0 Å². The van der Waals surface area contributed by atoms with Gasteiger partial charge in [0, 0.05) is 4.47 Å². The summed E-state index contributed by atoms with van der Waals surface area (Å²) in [6.45, 7) is 1.90. The van der Waals surface area contributed by atoms with Gasteiger partial charge in [-0.05, 0) is 47.5 Å². The molecule has 3 nitrogen and oxygen atoms in total. The summed E-state index contributed by atoms with van der Waals surface area (Å²) < 4.78 is 23.0. The number of anilines is 1. The molecule has 0 amide bonds. The number of nitrogens with one attached hydrogen (secondary N) is 1. The van der Waals surface area contributed by atoms with E-state index in [0.29, 0.717) is 5.69 Å². The molecule has 0 fully saturated rings. The van der Waals surface area contributed by atoms with E-state index in [1.54, 1.807) is 0 Å². The lowest BCUT2D eigenvalue weighted by molar-refractivity contribution is 0.570. The molecule has 0 aliphatic heterocycles. The summed E-state index contributed by atoms with van der Waals surface area (Å²) >= 11 is 1.38. The topological polar surface area (TPSA) is 49.3 Å². The number of benzene rings is 2. The Morgan fingerprint density at radius 3 is 2.69 bits per heavy atom. The summed E-state index contributed by atoms with van der Waals surface area (Å²) in [6, 6.07) is 9.77. The third-order valence-electron chi connectivity index (χ3n) is 2.34. The van der Waals surface area contributed by atoms with Gasteiger partial charge in [-0.25, -0.2) is 4.21 Å². The second-order valence-electron chi connectivity index (χ2n) is 3.51. The molecule has 0 saturated carbocycles. The Bertz CT molecular complexity index is 571. The Hall–Kier alpha value is -0.910. The maximum atomic E-state index is 10.7. The number of hydrogen-bond donors (Lipinski definition) is 2. The van der Waals surface area contributed by atoms with Gasteiger partial charge in [0.1, 0.15) is 0 Å². The molecule has 0 aromatic heterocycles. The van der Waals surface area contributed by atoms with Crippen molar-refractivity contribution in [1.29, 1.82) is 0 Å².